The molecule has 1 atom stereocenters. The average molecular weight is 477 g/mol. The van der Waals surface area contributed by atoms with Gasteiger partial charge in [-0.25, -0.2) is 9.79 Å². The Hall–Kier alpha value is -3.91. The van der Waals surface area contributed by atoms with Crippen molar-refractivity contribution < 1.29 is 19.0 Å². The third kappa shape index (κ3) is 4.32. The van der Waals surface area contributed by atoms with E-state index in [9.17, 15) is 9.59 Å². The van der Waals surface area contributed by atoms with E-state index in [4.69, 9.17) is 14.2 Å². The zero-order valence-electron chi connectivity index (χ0n) is 19.1. The fraction of sp³-hybridized carbons (Fsp3) is 0.192. The summed E-state index contributed by atoms with van der Waals surface area (Å²) in [7, 11) is 3.13. The number of carbonyl (C=O) groups is 1. The zero-order chi connectivity index (χ0) is 24.2. The predicted octanol–water partition coefficient (Wildman–Crippen LogP) is 2.98. The Morgan fingerprint density at radius 3 is 2.56 bits per heavy atom. The largest absolute Gasteiger partial charge is 0.493 e. The van der Waals surface area contributed by atoms with Crippen LogP contribution in [-0.2, 0) is 9.53 Å². The SMILES string of the molecule is C=CCOC(=O)C1=C(C)N=c2s/c(=C\c3ccc(OC)c(OC)c3)c(=O)n2[C@@H]1c1ccccc1. The molecule has 4 rings (SSSR count). The number of carbonyl (C=O) groups excluding carboxylic acids is 1. The van der Waals surface area contributed by atoms with Crippen LogP contribution in [0, 0.1) is 0 Å². The molecule has 2 aromatic carbocycles. The molecule has 0 saturated heterocycles. The van der Waals surface area contributed by atoms with Gasteiger partial charge in [-0.05, 0) is 36.3 Å². The van der Waals surface area contributed by atoms with Crippen LogP contribution in [0.5, 0.6) is 11.5 Å². The van der Waals surface area contributed by atoms with Gasteiger partial charge in [0.2, 0.25) is 0 Å². The molecule has 0 bridgehead atoms. The van der Waals surface area contributed by atoms with Crippen LogP contribution < -0.4 is 24.4 Å². The minimum Gasteiger partial charge on any atom is -0.493 e. The molecule has 8 heteroatoms. The highest BCUT2D eigenvalue weighted by Gasteiger charge is 2.33. The summed E-state index contributed by atoms with van der Waals surface area (Å²) in [6.45, 7) is 5.43. The van der Waals surface area contributed by atoms with Crippen LogP contribution in [0.25, 0.3) is 6.08 Å². The van der Waals surface area contributed by atoms with Gasteiger partial charge in [0.15, 0.2) is 16.3 Å². The highest BCUT2D eigenvalue weighted by atomic mass is 32.1. The number of allylic oxidation sites excluding steroid dienone is 1. The molecule has 34 heavy (non-hydrogen) atoms. The van der Waals surface area contributed by atoms with Crippen molar-refractivity contribution in [1.29, 1.82) is 0 Å². The lowest BCUT2D eigenvalue weighted by Crippen LogP contribution is -2.39. The molecular formula is C26H24N2O5S. The molecule has 1 aromatic heterocycles. The quantitative estimate of drug-likeness (QED) is 0.387. The van der Waals surface area contributed by atoms with Crippen molar-refractivity contribution in [3.05, 3.63) is 103 Å². The van der Waals surface area contributed by atoms with E-state index in [-0.39, 0.29) is 12.2 Å². The Morgan fingerprint density at radius 1 is 1.15 bits per heavy atom. The molecule has 0 spiro atoms. The fourth-order valence-corrected chi connectivity index (χ4v) is 4.89. The van der Waals surface area contributed by atoms with Crippen LogP contribution >= 0.6 is 11.3 Å². The number of methoxy groups -OCH3 is 2. The smallest absolute Gasteiger partial charge is 0.338 e. The van der Waals surface area contributed by atoms with E-state index >= 15 is 0 Å². The van der Waals surface area contributed by atoms with Crippen molar-refractivity contribution in [3.8, 4) is 11.5 Å². The molecule has 1 aliphatic rings. The van der Waals surface area contributed by atoms with E-state index in [1.807, 2.05) is 36.4 Å². The number of rotatable bonds is 7. The minimum absolute atomic E-state index is 0.0703. The van der Waals surface area contributed by atoms with Gasteiger partial charge in [-0.3, -0.25) is 9.36 Å². The second-order valence-corrected chi connectivity index (χ2v) is 8.50. The second-order valence-electron chi connectivity index (χ2n) is 7.49. The Balaban J connectivity index is 1.90. The summed E-state index contributed by atoms with van der Waals surface area (Å²) in [6, 6.07) is 14.2. The van der Waals surface area contributed by atoms with Crippen molar-refractivity contribution in [3.63, 3.8) is 0 Å². The van der Waals surface area contributed by atoms with Crippen LogP contribution in [0.15, 0.2) is 82.2 Å². The fourth-order valence-electron chi connectivity index (χ4n) is 3.84. The number of esters is 1. The molecule has 2 heterocycles. The molecule has 0 unspecified atom stereocenters. The summed E-state index contributed by atoms with van der Waals surface area (Å²) in [4.78, 5) is 31.7. The Labute approximate surface area is 200 Å². The van der Waals surface area contributed by atoms with Crippen LogP contribution in [-0.4, -0.2) is 31.4 Å². The average Bonchev–Trinajstić information content (AvgIpc) is 3.16. The van der Waals surface area contributed by atoms with E-state index in [1.165, 1.54) is 17.4 Å². The maximum Gasteiger partial charge on any atom is 0.338 e. The van der Waals surface area contributed by atoms with Gasteiger partial charge in [-0.2, -0.15) is 0 Å². The number of benzene rings is 2. The Morgan fingerprint density at radius 2 is 1.88 bits per heavy atom. The molecule has 0 amide bonds. The van der Waals surface area contributed by atoms with Crippen molar-refractivity contribution in [2.24, 2.45) is 4.99 Å². The van der Waals surface area contributed by atoms with Gasteiger partial charge in [-0.1, -0.05) is 60.4 Å². The Bertz CT molecular complexity index is 1450. The molecule has 0 fully saturated rings. The first-order valence-corrected chi connectivity index (χ1v) is 11.4. The monoisotopic (exact) mass is 476 g/mol. The number of fused-ring (bicyclic) bond motifs is 1. The number of aromatic nitrogens is 1. The zero-order valence-corrected chi connectivity index (χ0v) is 19.9. The summed E-state index contributed by atoms with van der Waals surface area (Å²) in [6.07, 6.45) is 3.28. The van der Waals surface area contributed by atoms with Gasteiger partial charge >= 0.3 is 5.97 Å². The number of nitrogens with zero attached hydrogens (tertiary/aromatic N) is 2. The number of hydrogen-bond acceptors (Lipinski definition) is 7. The second kappa shape index (κ2) is 9.93. The lowest BCUT2D eigenvalue weighted by atomic mass is 9.96. The minimum atomic E-state index is -0.651. The van der Waals surface area contributed by atoms with Crippen LogP contribution in [0.2, 0.25) is 0 Å². The van der Waals surface area contributed by atoms with Crippen LogP contribution in [0.1, 0.15) is 24.1 Å². The normalized spacial score (nSPS) is 15.4. The van der Waals surface area contributed by atoms with Crippen LogP contribution in [0.4, 0.5) is 0 Å². The number of hydrogen-bond donors (Lipinski definition) is 0. The lowest BCUT2D eigenvalue weighted by Gasteiger charge is -2.24. The third-order valence-corrected chi connectivity index (χ3v) is 6.38. The maximum atomic E-state index is 13.6. The standard InChI is InChI=1S/C26H24N2O5S/c1-5-13-33-25(30)22-16(2)27-26-28(23(22)18-9-7-6-8-10-18)24(29)21(34-26)15-17-11-12-19(31-3)20(14-17)32-4/h5-12,14-15,23H,1,13H2,2-4H3/b21-15-/t23-/m1/s1. The Kier molecular flexibility index (Phi) is 6.79. The summed E-state index contributed by atoms with van der Waals surface area (Å²) in [5.74, 6) is 0.641. The van der Waals surface area contributed by atoms with Crippen molar-refractivity contribution in [2.45, 2.75) is 13.0 Å². The first kappa shape index (κ1) is 23.3. The van der Waals surface area contributed by atoms with Gasteiger partial charge in [0.1, 0.15) is 6.61 Å². The van der Waals surface area contributed by atoms with Gasteiger partial charge in [0.05, 0.1) is 36.1 Å². The highest BCUT2D eigenvalue weighted by Crippen LogP contribution is 2.31. The van der Waals surface area contributed by atoms with Crippen molar-refractivity contribution in [2.75, 3.05) is 20.8 Å². The summed E-state index contributed by atoms with van der Waals surface area (Å²) in [5.41, 5.74) is 2.18. The third-order valence-electron chi connectivity index (χ3n) is 5.39. The van der Waals surface area contributed by atoms with Gasteiger partial charge in [0.25, 0.3) is 5.56 Å². The predicted molar refractivity (Wildman–Crippen MR) is 131 cm³/mol. The molecule has 174 valence electrons. The highest BCUT2D eigenvalue weighted by molar-refractivity contribution is 7.07. The van der Waals surface area contributed by atoms with Crippen molar-refractivity contribution >= 4 is 23.4 Å². The molecule has 0 saturated carbocycles. The molecule has 7 nitrogen and oxygen atoms in total. The summed E-state index contributed by atoms with van der Waals surface area (Å²) < 4.78 is 18.1. The maximum absolute atomic E-state index is 13.6. The molecule has 0 radical (unpaired) electrons. The van der Waals surface area contributed by atoms with E-state index in [1.54, 1.807) is 43.9 Å². The van der Waals surface area contributed by atoms with E-state index < -0.39 is 12.0 Å². The molecule has 0 aliphatic carbocycles. The van der Waals surface area contributed by atoms with E-state index in [2.05, 4.69) is 11.6 Å². The molecule has 0 N–H and O–H groups in total. The molecule has 1 aliphatic heterocycles. The van der Waals surface area contributed by atoms with Gasteiger partial charge in [-0.15, -0.1) is 0 Å². The number of ether oxygens (including phenoxy) is 3. The van der Waals surface area contributed by atoms with Crippen LogP contribution in [0.3, 0.4) is 0 Å². The van der Waals surface area contributed by atoms with Crippen molar-refractivity contribution in [1.82, 2.24) is 4.57 Å². The molecule has 3 aromatic rings. The van der Waals surface area contributed by atoms with E-state index in [0.29, 0.717) is 32.1 Å². The summed E-state index contributed by atoms with van der Waals surface area (Å²) >= 11 is 1.27. The first-order valence-electron chi connectivity index (χ1n) is 10.6. The first-order chi connectivity index (χ1) is 16.5. The van der Waals surface area contributed by atoms with Gasteiger partial charge in [0, 0.05) is 0 Å². The lowest BCUT2D eigenvalue weighted by molar-refractivity contribution is -0.138. The topological polar surface area (TPSA) is 79.1 Å². The molecular weight excluding hydrogens is 452 g/mol. The number of thiazole rings is 1. The van der Waals surface area contributed by atoms with E-state index in [0.717, 1.165) is 11.1 Å². The summed E-state index contributed by atoms with van der Waals surface area (Å²) in [5, 5.41) is 0. The van der Waals surface area contributed by atoms with Gasteiger partial charge < -0.3 is 14.2 Å².